The number of fused-ring (bicyclic) bond motifs is 1. The lowest BCUT2D eigenvalue weighted by Crippen LogP contribution is -2.10. The molecule has 2 aromatic heterocycles. The normalized spacial score (nSPS) is 11.9. The van der Waals surface area contributed by atoms with Gasteiger partial charge in [-0.25, -0.2) is 4.98 Å². The number of hydrogen-bond acceptors (Lipinski definition) is 2. The highest BCUT2D eigenvalue weighted by Crippen LogP contribution is 2.26. The van der Waals surface area contributed by atoms with E-state index in [0.29, 0.717) is 0 Å². The number of imidazole rings is 1. The fourth-order valence-electron chi connectivity index (χ4n) is 2.53. The van der Waals surface area contributed by atoms with E-state index in [1.54, 1.807) is 0 Å². The van der Waals surface area contributed by atoms with Gasteiger partial charge in [-0.15, -0.1) is 0 Å². The van der Waals surface area contributed by atoms with Crippen molar-refractivity contribution >= 4 is 11.3 Å². The van der Waals surface area contributed by atoms with Crippen molar-refractivity contribution in [3.63, 3.8) is 0 Å². The van der Waals surface area contributed by atoms with E-state index >= 15 is 0 Å². The van der Waals surface area contributed by atoms with Gasteiger partial charge in [-0.05, 0) is 17.0 Å². The van der Waals surface area contributed by atoms with Crippen molar-refractivity contribution in [3.8, 4) is 11.3 Å². The van der Waals surface area contributed by atoms with Crippen molar-refractivity contribution < 1.29 is 0 Å². The Bertz CT molecular complexity index is 790. The van der Waals surface area contributed by atoms with E-state index in [2.05, 4.69) is 78.9 Å². The first-order chi connectivity index (χ1) is 10.3. The minimum atomic E-state index is 0.179. The van der Waals surface area contributed by atoms with Crippen LogP contribution < -0.4 is 4.90 Å². The van der Waals surface area contributed by atoms with Gasteiger partial charge in [-0.2, -0.15) is 0 Å². The van der Waals surface area contributed by atoms with Crippen LogP contribution in [0.15, 0.2) is 48.8 Å². The first kappa shape index (κ1) is 14.6. The van der Waals surface area contributed by atoms with Gasteiger partial charge < -0.3 is 9.30 Å². The molecule has 0 radical (unpaired) electrons. The van der Waals surface area contributed by atoms with Gasteiger partial charge in [0.05, 0.1) is 5.69 Å². The average molecular weight is 293 g/mol. The van der Waals surface area contributed by atoms with Crippen molar-refractivity contribution in [1.29, 1.82) is 0 Å². The number of anilines is 1. The van der Waals surface area contributed by atoms with Gasteiger partial charge in [0.25, 0.3) is 0 Å². The summed E-state index contributed by atoms with van der Waals surface area (Å²) in [5.41, 5.74) is 5.82. The number of aromatic nitrogens is 2. The Kier molecular flexibility index (Phi) is 3.44. The molecule has 114 valence electrons. The maximum Gasteiger partial charge on any atom is 0.139 e. The Morgan fingerprint density at radius 2 is 1.68 bits per heavy atom. The van der Waals surface area contributed by atoms with Crippen LogP contribution in [-0.2, 0) is 5.41 Å². The van der Waals surface area contributed by atoms with Crippen LogP contribution in [0.3, 0.4) is 0 Å². The minimum Gasteiger partial charge on any atom is -0.378 e. The number of rotatable bonds is 2. The standard InChI is InChI=1S/C19H23N3/c1-19(2,3)15-8-6-14(7-9-15)17-13-22-11-10-16(21(4)5)12-18(22)20-17/h6-13H,1-5H3. The molecule has 2 heterocycles. The van der Waals surface area contributed by atoms with Crippen LogP contribution in [-0.4, -0.2) is 23.5 Å². The van der Waals surface area contributed by atoms with Crippen LogP contribution in [0.25, 0.3) is 16.9 Å². The van der Waals surface area contributed by atoms with Crippen molar-refractivity contribution in [3.05, 3.63) is 54.4 Å². The SMILES string of the molecule is CN(C)c1ccn2cc(-c3ccc(C(C)(C)C)cc3)nc2c1. The summed E-state index contributed by atoms with van der Waals surface area (Å²) >= 11 is 0. The molecule has 0 bridgehead atoms. The zero-order valence-corrected chi connectivity index (χ0v) is 14.0. The van der Waals surface area contributed by atoms with E-state index in [-0.39, 0.29) is 5.41 Å². The third-order valence-corrected chi connectivity index (χ3v) is 4.01. The lowest BCUT2D eigenvalue weighted by atomic mass is 9.86. The van der Waals surface area contributed by atoms with Gasteiger partial charge in [0, 0.05) is 43.8 Å². The maximum atomic E-state index is 4.75. The molecule has 3 heteroatoms. The predicted octanol–water partition coefficient (Wildman–Crippen LogP) is 4.36. The van der Waals surface area contributed by atoms with Crippen LogP contribution in [0.4, 0.5) is 5.69 Å². The lowest BCUT2D eigenvalue weighted by molar-refractivity contribution is 0.590. The zero-order valence-electron chi connectivity index (χ0n) is 14.0. The fourth-order valence-corrected chi connectivity index (χ4v) is 2.53. The molecular weight excluding hydrogens is 270 g/mol. The Balaban J connectivity index is 1.99. The molecule has 1 aromatic carbocycles. The van der Waals surface area contributed by atoms with Crippen LogP contribution in [0.5, 0.6) is 0 Å². The smallest absolute Gasteiger partial charge is 0.139 e. The maximum absolute atomic E-state index is 4.75. The second kappa shape index (κ2) is 5.16. The third kappa shape index (κ3) is 2.71. The molecule has 0 spiro atoms. The second-order valence-electron chi connectivity index (χ2n) is 7.00. The van der Waals surface area contributed by atoms with E-state index in [1.165, 1.54) is 5.56 Å². The summed E-state index contributed by atoms with van der Waals surface area (Å²) in [6, 6.07) is 12.9. The molecule has 0 aliphatic rings. The molecule has 3 aromatic rings. The fraction of sp³-hybridized carbons (Fsp3) is 0.316. The van der Waals surface area contributed by atoms with Gasteiger partial charge in [0.15, 0.2) is 0 Å². The molecule has 0 amide bonds. The third-order valence-electron chi connectivity index (χ3n) is 4.01. The summed E-state index contributed by atoms with van der Waals surface area (Å²) in [5.74, 6) is 0. The molecule has 3 rings (SSSR count). The number of benzene rings is 1. The van der Waals surface area contributed by atoms with E-state index in [0.717, 1.165) is 22.6 Å². The van der Waals surface area contributed by atoms with E-state index in [4.69, 9.17) is 4.98 Å². The van der Waals surface area contributed by atoms with Crippen LogP contribution in [0.2, 0.25) is 0 Å². The highest BCUT2D eigenvalue weighted by molar-refractivity contribution is 5.65. The number of hydrogen-bond donors (Lipinski definition) is 0. The van der Waals surface area contributed by atoms with E-state index in [9.17, 15) is 0 Å². The van der Waals surface area contributed by atoms with Gasteiger partial charge in [0.2, 0.25) is 0 Å². The van der Waals surface area contributed by atoms with Crippen LogP contribution >= 0.6 is 0 Å². The molecule has 0 saturated heterocycles. The average Bonchev–Trinajstić information content (AvgIpc) is 2.89. The molecule has 0 saturated carbocycles. The lowest BCUT2D eigenvalue weighted by Gasteiger charge is -2.18. The summed E-state index contributed by atoms with van der Waals surface area (Å²) in [7, 11) is 4.09. The topological polar surface area (TPSA) is 20.5 Å². The molecule has 0 atom stereocenters. The van der Waals surface area contributed by atoms with Crippen molar-refractivity contribution in [2.75, 3.05) is 19.0 Å². The van der Waals surface area contributed by atoms with Gasteiger partial charge in [0.1, 0.15) is 5.65 Å². The Morgan fingerprint density at radius 1 is 1.00 bits per heavy atom. The molecular formula is C19H23N3. The number of nitrogens with zero attached hydrogens (tertiary/aromatic N) is 3. The van der Waals surface area contributed by atoms with Gasteiger partial charge in [-0.3, -0.25) is 0 Å². The Labute approximate surface area is 132 Å². The minimum absolute atomic E-state index is 0.179. The van der Waals surface area contributed by atoms with Crippen LogP contribution in [0, 0.1) is 0 Å². The first-order valence-electron chi connectivity index (χ1n) is 7.61. The molecule has 0 aliphatic carbocycles. The summed E-state index contributed by atoms with van der Waals surface area (Å²) in [4.78, 5) is 6.84. The summed E-state index contributed by atoms with van der Waals surface area (Å²) < 4.78 is 2.07. The first-order valence-corrected chi connectivity index (χ1v) is 7.61. The van der Waals surface area contributed by atoms with Gasteiger partial charge in [-0.1, -0.05) is 45.0 Å². The molecule has 0 N–H and O–H groups in total. The molecule has 0 unspecified atom stereocenters. The van der Waals surface area contributed by atoms with Crippen molar-refractivity contribution in [2.45, 2.75) is 26.2 Å². The molecule has 3 nitrogen and oxygen atoms in total. The number of pyridine rings is 1. The van der Waals surface area contributed by atoms with Crippen molar-refractivity contribution in [1.82, 2.24) is 9.38 Å². The Hall–Kier alpha value is -2.29. The van der Waals surface area contributed by atoms with Crippen molar-refractivity contribution in [2.24, 2.45) is 0 Å². The summed E-state index contributed by atoms with van der Waals surface area (Å²) in [6.45, 7) is 6.70. The highest BCUT2D eigenvalue weighted by Gasteiger charge is 2.13. The van der Waals surface area contributed by atoms with E-state index < -0.39 is 0 Å². The quantitative estimate of drug-likeness (QED) is 0.699. The molecule has 22 heavy (non-hydrogen) atoms. The van der Waals surface area contributed by atoms with Gasteiger partial charge >= 0.3 is 0 Å². The highest BCUT2D eigenvalue weighted by atomic mass is 15.1. The second-order valence-corrected chi connectivity index (χ2v) is 7.00. The Morgan fingerprint density at radius 3 is 2.27 bits per heavy atom. The van der Waals surface area contributed by atoms with E-state index in [1.807, 2.05) is 14.1 Å². The van der Waals surface area contributed by atoms with Crippen LogP contribution in [0.1, 0.15) is 26.3 Å². The monoisotopic (exact) mass is 293 g/mol. The molecule has 0 fully saturated rings. The summed E-state index contributed by atoms with van der Waals surface area (Å²) in [6.07, 6.45) is 4.14. The zero-order chi connectivity index (χ0) is 15.9. The predicted molar refractivity (Wildman–Crippen MR) is 93.7 cm³/mol. The molecule has 0 aliphatic heterocycles. The summed E-state index contributed by atoms with van der Waals surface area (Å²) in [5, 5.41) is 0. The largest absolute Gasteiger partial charge is 0.378 e.